The van der Waals surface area contributed by atoms with Gasteiger partial charge in [-0.1, -0.05) is 35.9 Å². The van der Waals surface area contributed by atoms with Crippen LogP contribution in [-0.4, -0.2) is 40.0 Å². The first-order chi connectivity index (χ1) is 19.0. The number of thiocarbonyl (C=S) groups is 1. The zero-order valence-electron chi connectivity index (χ0n) is 23.9. The lowest BCUT2D eigenvalue weighted by atomic mass is 9.86. The summed E-state index contributed by atoms with van der Waals surface area (Å²) in [6.07, 6.45) is 4.35. The third-order valence-corrected chi connectivity index (χ3v) is 8.78. The van der Waals surface area contributed by atoms with Gasteiger partial charge < -0.3 is 20.4 Å². The molecule has 1 saturated heterocycles. The van der Waals surface area contributed by atoms with Gasteiger partial charge in [-0.2, -0.15) is 0 Å². The molecule has 0 unspecified atom stereocenters. The van der Waals surface area contributed by atoms with Crippen molar-refractivity contribution in [2.75, 3.05) is 23.8 Å². The summed E-state index contributed by atoms with van der Waals surface area (Å²) in [5.74, 6) is -0.0595. The fourth-order valence-electron chi connectivity index (χ4n) is 5.70. The molecule has 1 aromatic heterocycles. The average Bonchev–Trinajstić information content (AvgIpc) is 3.24. The van der Waals surface area contributed by atoms with Crippen molar-refractivity contribution in [3.05, 3.63) is 93.8 Å². The molecule has 8 heteroatoms. The summed E-state index contributed by atoms with van der Waals surface area (Å²) < 4.78 is 0. The van der Waals surface area contributed by atoms with E-state index in [1.807, 2.05) is 50.2 Å². The lowest BCUT2D eigenvalue weighted by Crippen LogP contribution is -2.42. The summed E-state index contributed by atoms with van der Waals surface area (Å²) in [4.78, 5) is 22.1. The number of rotatable bonds is 6. The molecule has 3 aromatic rings. The van der Waals surface area contributed by atoms with Crippen LogP contribution in [-0.2, 0) is 4.79 Å². The number of allylic oxidation sites excluding steroid dienone is 1. The van der Waals surface area contributed by atoms with Gasteiger partial charge in [0.1, 0.15) is 0 Å². The van der Waals surface area contributed by atoms with Gasteiger partial charge in [0.05, 0.1) is 23.3 Å². The molecule has 2 aliphatic rings. The number of aromatic nitrogens is 1. The number of carbonyl (C=O) groups excluding carboxylic acids is 1. The van der Waals surface area contributed by atoms with Crippen LogP contribution in [0.5, 0.6) is 0 Å². The molecular formula is C32H36ClN5OS. The Bertz CT molecular complexity index is 1500. The van der Waals surface area contributed by atoms with Crippen LogP contribution >= 0.6 is 23.8 Å². The second-order valence-electron chi connectivity index (χ2n) is 11.4. The number of anilines is 2. The van der Waals surface area contributed by atoms with Crippen molar-refractivity contribution in [1.82, 2.24) is 15.2 Å². The number of pyridine rings is 1. The fourth-order valence-corrected chi connectivity index (χ4v) is 6.31. The van der Waals surface area contributed by atoms with Gasteiger partial charge in [0.25, 0.3) is 0 Å². The highest BCUT2D eigenvalue weighted by Gasteiger charge is 2.41. The highest BCUT2D eigenvalue weighted by atomic mass is 35.5. The van der Waals surface area contributed by atoms with Gasteiger partial charge in [0.2, 0.25) is 5.91 Å². The van der Waals surface area contributed by atoms with Crippen molar-refractivity contribution in [3.8, 4) is 0 Å². The van der Waals surface area contributed by atoms with Gasteiger partial charge in [-0.3, -0.25) is 9.78 Å². The van der Waals surface area contributed by atoms with E-state index in [9.17, 15) is 4.79 Å². The monoisotopic (exact) mass is 573 g/mol. The Balaban J connectivity index is 1.49. The van der Waals surface area contributed by atoms with Crippen molar-refractivity contribution < 1.29 is 4.79 Å². The number of nitrogens with zero attached hydrogens (tertiary/aromatic N) is 3. The van der Waals surface area contributed by atoms with Crippen LogP contribution in [0.25, 0.3) is 5.57 Å². The second kappa shape index (κ2) is 10.9. The molecule has 2 atom stereocenters. The predicted octanol–water partition coefficient (Wildman–Crippen LogP) is 6.98. The molecule has 6 nitrogen and oxygen atoms in total. The summed E-state index contributed by atoms with van der Waals surface area (Å²) in [7, 11) is 2.10. The Morgan fingerprint density at radius 1 is 1.15 bits per heavy atom. The number of carbonyl (C=O) groups is 1. The van der Waals surface area contributed by atoms with Crippen LogP contribution in [0.15, 0.2) is 60.8 Å². The summed E-state index contributed by atoms with van der Waals surface area (Å²) in [5, 5.41) is 7.80. The molecule has 0 radical (unpaired) electrons. The van der Waals surface area contributed by atoms with Crippen molar-refractivity contribution in [2.45, 2.75) is 58.7 Å². The Labute approximate surface area is 247 Å². The Kier molecular flexibility index (Phi) is 7.64. The summed E-state index contributed by atoms with van der Waals surface area (Å²) in [6.45, 7) is 11.0. The van der Waals surface area contributed by atoms with Crippen LogP contribution in [0, 0.1) is 13.8 Å². The predicted molar refractivity (Wildman–Crippen MR) is 169 cm³/mol. The molecule has 0 aliphatic carbocycles. The number of aryl methyl sites for hydroxylation is 2. The van der Waals surface area contributed by atoms with Crippen molar-refractivity contribution in [3.63, 3.8) is 0 Å². The molecule has 0 bridgehead atoms. The zero-order chi connectivity index (χ0) is 28.8. The van der Waals surface area contributed by atoms with Gasteiger partial charge in [-0.25, -0.2) is 0 Å². The van der Waals surface area contributed by atoms with E-state index in [2.05, 4.69) is 71.4 Å². The minimum absolute atomic E-state index is 0.0595. The number of amides is 1. The molecule has 0 saturated carbocycles. The van der Waals surface area contributed by atoms with Crippen molar-refractivity contribution in [1.29, 1.82) is 0 Å². The van der Waals surface area contributed by atoms with Gasteiger partial charge in [0, 0.05) is 48.2 Å². The number of fused-ring (bicyclic) bond motifs is 1. The number of hydrogen-bond acceptors (Lipinski definition) is 4. The number of benzene rings is 2. The minimum Gasteiger partial charge on any atom is -0.365 e. The summed E-state index contributed by atoms with van der Waals surface area (Å²) >= 11 is 12.9. The first kappa shape index (κ1) is 28.1. The van der Waals surface area contributed by atoms with E-state index in [-0.39, 0.29) is 30.0 Å². The highest BCUT2D eigenvalue weighted by molar-refractivity contribution is 7.80. The van der Waals surface area contributed by atoms with Crippen LogP contribution in [0.3, 0.4) is 0 Å². The quantitative estimate of drug-likeness (QED) is 0.310. The third kappa shape index (κ3) is 5.32. The Hall–Kier alpha value is -3.42. The smallest absolute Gasteiger partial charge is 0.226 e. The van der Waals surface area contributed by atoms with Crippen molar-refractivity contribution >= 4 is 51.8 Å². The molecule has 1 fully saturated rings. The minimum atomic E-state index is -0.234. The van der Waals surface area contributed by atoms with E-state index < -0.39 is 0 Å². The van der Waals surface area contributed by atoms with E-state index in [1.165, 1.54) is 5.57 Å². The molecule has 0 spiro atoms. The molecule has 40 heavy (non-hydrogen) atoms. The zero-order valence-corrected chi connectivity index (χ0v) is 25.5. The van der Waals surface area contributed by atoms with Gasteiger partial charge in [-0.15, -0.1) is 0 Å². The van der Waals surface area contributed by atoms with E-state index in [0.717, 1.165) is 39.3 Å². The topological polar surface area (TPSA) is 60.5 Å². The van der Waals surface area contributed by atoms with Crippen molar-refractivity contribution in [2.24, 2.45) is 0 Å². The molecule has 2 aliphatic heterocycles. The molecule has 2 N–H and O–H groups in total. The lowest BCUT2D eigenvalue weighted by Gasteiger charge is -2.41. The molecule has 2 aromatic carbocycles. The number of halogens is 1. The largest absolute Gasteiger partial charge is 0.365 e. The van der Waals surface area contributed by atoms with Gasteiger partial charge in [-0.05, 0) is 99.4 Å². The summed E-state index contributed by atoms with van der Waals surface area (Å²) in [6, 6.07) is 15.7. The SMILES string of the molecule is CC1=CC(C)(C)N(C)c2cc(Cl)c([C@@H]3[C@@H](c4ccccn4)NC(=S)N3CCC(=O)Nc3cc(C)ccc3C)cc21. The maximum absolute atomic E-state index is 13.1. The van der Waals surface area contributed by atoms with E-state index in [0.29, 0.717) is 16.7 Å². The van der Waals surface area contributed by atoms with E-state index >= 15 is 0 Å². The maximum Gasteiger partial charge on any atom is 0.226 e. The number of hydrogen-bond donors (Lipinski definition) is 2. The van der Waals surface area contributed by atoms with Gasteiger partial charge in [0.15, 0.2) is 5.11 Å². The lowest BCUT2D eigenvalue weighted by molar-refractivity contribution is -0.116. The molecule has 5 rings (SSSR count). The van der Waals surface area contributed by atoms with E-state index in [4.69, 9.17) is 23.8 Å². The third-order valence-electron chi connectivity index (χ3n) is 8.10. The standard InChI is InChI=1S/C32H36ClN5OS/c1-19-10-11-20(2)26(15-19)35-28(39)12-14-38-30(29(36-31(38)40)25-9-7-8-13-34-25)23-16-22-21(3)18-32(4,5)37(6)27(22)17-24(23)33/h7-11,13,15-18,29-30H,12,14H2,1-6H3,(H,35,39)(H,36,40)/t29-,30-/m1/s1. The van der Waals surface area contributed by atoms with Gasteiger partial charge >= 0.3 is 0 Å². The van der Waals surface area contributed by atoms with Crippen LogP contribution < -0.4 is 15.5 Å². The second-order valence-corrected chi connectivity index (χ2v) is 12.2. The molecule has 3 heterocycles. The fraction of sp³-hybridized carbons (Fsp3) is 0.344. The molecular weight excluding hydrogens is 538 g/mol. The number of nitrogens with one attached hydrogen (secondary N) is 2. The van der Waals surface area contributed by atoms with Crippen LogP contribution in [0.2, 0.25) is 5.02 Å². The Morgan fingerprint density at radius 3 is 2.65 bits per heavy atom. The number of likely N-dealkylation sites (N-methyl/N-ethyl adjacent to an activating group) is 1. The first-order valence-electron chi connectivity index (χ1n) is 13.6. The molecule has 208 valence electrons. The molecule has 1 amide bonds. The highest BCUT2D eigenvalue weighted by Crippen LogP contribution is 2.46. The van der Waals surface area contributed by atoms with E-state index in [1.54, 1.807) is 6.20 Å². The average molecular weight is 574 g/mol. The van der Waals surface area contributed by atoms with Crippen LogP contribution in [0.4, 0.5) is 11.4 Å². The first-order valence-corrected chi connectivity index (χ1v) is 14.4. The maximum atomic E-state index is 13.1. The van der Waals surface area contributed by atoms with Crippen LogP contribution in [0.1, 0.15) is 67.2 Å². The summed E-state index contributed by atoms with van der Waals surface area (Å²) in [5.41, 5.74) is 8.13. The normalized spacial score (nSPS) is 19.7. The Morgan fingerprint density at radius 2 is 1.93 bits per heavy atom.